The number of hydrogen-bond donors (Lipinski definition) is 1. The van der Waals surface area contributed by atoms with Gasteiger partial charge in [0.1, 0.15) is 6.54 Å². The summed E-state index contributed by atoms with van der Waals surface area (Å²) >= 11 is 6.19. The van der Waals surface area contributed by atoms with Crippen molar-refractivity contribution in [2.45, 2.75) is 32.4 Å². The third kappa shape index (κ3) is 3.28. The van der Waals surface area contributed by atoms with Crippen molar-refractivity contribution in [3.63, 3.8) is 0 Å². The molecule has 7 heteroatoms. The Balaban J connectivity index is 1.93. The number of benzene rings is 2. The quantitative estimate of drug-likeness (QED) is 0.751. The predicted molar refractivity (Wildman–Crippen MR) is 105 cm³/mol. The van der Waals surface area contributed by atoms with Crippen molar-refractivity contribution in [3.05, 3.63) is 73.9 Å². The number of carbonyl (C=O) groups is 1. The predicted octanol–water partition coefficient (Wildman–Crippen LogP) is 2.39. The number of aryl methyl sites for hydroxylation is 1. The summed E-state index contributed by atoms with van der Waals surface area (Å²) in [5.74, 6) is -0.239. The van der Waals surface area contributed by atoms with E-state index in [0.29, 0.717) is 21.6 Å². The first-order valence-electron chi connectivity index (χ1n) is 8.76. The summed E-state index contributed by atoms with van der Waals surface area (Å²) in [4.78, 5) is 38.4. The van der Waals surface area contributed by atoms with Gasteiger partial charge < -0.3 is 5.32 Å². The number of carbonyl (C=O) groups excluding carboxylic acids is 1. The van der Waals surface area contributed by atoms with Crippen LogP contribution >= 0.6 is 11.6 Å². The van der Waals surface area contributed by atoms with E-state index in [-0.39, 0.29) is 18.5 Å². The molecule has 1 saturated carbocycles. The average molecular weight is 384 g/mol. The normalized spacial score (nSPS) is 13.7. The number of rotatable bonds is 4. The van der Waals surface area contributed by atoms with Crippen LogP contribution in [-0.2, 0) is 11.3 Å². The summed E-state index contributed by atoms with van der Waals surface area (Å²) in [7, 11) is 0. The minimum atomic E-state index is -0.565. The van der Waals surface area contributed by atoms with E-state index >= 15 is 0 Å². The Morgan fingerprint density at radius 1 is 1.19 bits per heavy atom. The first-order valence-corrected chi connectivity index (χ1v) is 9.14. The van der Waals surface area contributed by atoms with Crippen LogP contribution < -0.4 is 16.6 Å². The molecule has 0 spiro atoms. The number of nitrogens with one attached hydrogen (secondary N) is 1. The molecule has 2 aromatic carbocycles. The van der Waals surface area contributed by atoms with Gasteiger partial charge in [-0.15, -0.1) is 0 Å². The van der Waals surface area contributed by atoms with Gasteiger partial charge in [0.15, 0.2) is 0 Å². The summed E-state index contributed by atoms with van der Waals surface area (Å²) in [6.45, 7) is 1.70. The zero-order valence-electron chi connectivity index (χ0n) is 14.7. The molecule has 1 aromatic heterocycles. The number of fused-ring (bicyclic) bond motifs is 1. The first kappa shape index (κ1) is 17.5. The molecule has 0 aliphatic heterocycles. The fraction of sp³-hybridized carbons (Fsp3) is 0.250. The average Bonchev–Trinajstić information content (AvgIpc) is 3.45. The van der Waals surface area contributed by atoms with Crippen LogP contribution in [0.15, 0.2) is 52.1 Å². The molecule has 4 rings (SSSR count). The monoisotopic (exact) mass is 383 g/mol. The lowest BCUT2D eigenvalue weighted by Gasteiger charge is -2.14. The highest BCUT2D eigenvalue weighted by Gasteiger charge is 2.24. The molecular weight excluding hydrogens is 366 g/mol. The summed E-state index contributed by atoms with van der Waals surface area (Å²) in [6, 6.07) is 12.0. The van der Waals surface area contributed by atoms with Crippen molar-refractivity contribution in [3.8, 4) is 5.69 Å². The smallest absolute Gasteiger partial charge is 0.336 e. The molecule has 1 aliphatic rings. The van der Waals surface area contributed by atoms with E-state index in [0.717, 1.165) is 23.0 Å². The van der Waals surface area contributed by atoms with Gasteiger partial charge in [0.2, 0.25) is 5.91 Å². The number of hydrogen-bond acceptors (Lipinski definition) is 3. The van der Waals surface area contributed by atoms with Gasteiger partial charge >= 0.3 is 5.69 Å². The largest absolute Gasteiger partial charge is 0.352 e. The highest BCUT2D eigenvalue weighted by atomic mass is 35.5. The number of aromatic nitrogens is 2. The number of amides is 1. The Kier molecular flexibility index (Phi) is 4.36. The molecule has 0 bridgehead atoms. The van der Waals surface area contributed by atoms with E-state index in [4.69, 9.17) is 11.6 Å². The van der Waals surface area contributed by atoms with Gasteiger partial charge in [-0.3, -0.25) is 14.2 Å². The molecule has 138 valence electrons. The summed E-state index contributed by atoms with van der Waals surface area (Å²) < 4.78 is 2.40. The lowest BCUT2D eigenvalue weighted by atomic mass is 10.2. The van der Waals surface area contributed by atoms with Gasteiger partial charge in [-0.05, 0) is 49.6 Å². The van der Waals surface area contributed by atoms with Crippen LogP contribution in [0.1, 0.15) is 18.4 Å². The molecule has 0 radical (unpaired) electrons. The third-order valence-corrected chi connectivity index (χ3v) is 5.12. The van der Waals surface area contributed by atoms with Crippen molar-refractivity contribution in [1.82, 2.24) is 14.5 Å². The SMILES string of the molecule is Cc1ccc(-n2c(=O)c3ccccc3n(CC(=O)NC3CC3)c2=O)cc1Cl. The van der Waals surface area contributed by atoms with E-state index in [1.165, 1.54) is 4.57 Å². The third-order valence-electron chi connectivity index (χ3n) is 4.71. The molecule has 3 aromatic rings. The Bertz CT molecular complexity index is 1180. The van der Waals surface area contributed by atoms with E-state index in [1.807, 2.05) is 6.92 Å². The fourth-order valence-corrected chi connectivity index (χ4v) is 3.24. The van der Waals surface area contributed by atoms with Crippen LogP contribution in [0, 0.1) is 6.92 Å². The van der Waals surface area contributed by atoms with Gasteiger partial charge in [-0.2, -0.15) is 0 Å². The lowest BCUT2D eigenvalue weighted by molar-refractivity contribution is -0.121. The maximum Gasteiger partial charge on any atom is 0.336 e. The van der Waals surface area contributed by atoms with Crippen molar-refractivity contribution in [2.75, 3.05) is 0 Å². The zero-order chi connectivity index (χ0) is 19.1. The van der Waals surface area contributed by atoms with E-state index in [2.05, 4.69) is 5.32 Å². The lowest BCUT2D eigenvalue weighted by Crippen LogP contribution is -2.42. The second-order valence-corrected chi connectivity index (χ2v) is 7.21. The molecule has 1 amide bonds. The van der Waals surface area contributed by atoms with Gasteiger partial charge in [0, 0.05) is 11.1 Å². The van der Waals surface area contributed by atoms with Crippen molar-refractivity contribution in [2.24, 2.45) is 0 Å². The molecule has 1 heterocycles. The molecule has 6 nitrogen and oxygen atoms in total. The standard InChI is InChI=1S/C20H18ClN3O3/c1-12-6-9-14(10-16(12)21)24-19(26)15-4-2-3-5-17(15)23(20(24)27)11-18(25)22-13-7-8-13/h2-6,9-10,13H,7-8,11H2,1H3,(H,22,25). The minimum absolute atomic E-state index is 0.143. The summed E-state index contributed by atoms with van der Waals surface area (Å²) in [6.07, 6.45) is 1.92. The van der Waals surface area contributed by atoms with Gasteiger partial charge in [-0.25, -0.2) is 9.36 Å². The molecule has 0 atom stereocenters. The van der Waals surface area contributed by atoms with Crippen LogP contribution in [0.5, 0.6) is 0 Å². The van der Waals surface area contributed by atoms with Crippen molar-refractivity contribution < 1.29 is 4.79 Å². The highest BCUT2D eigenvalue weighted by Crippen LogP contribution is 2.20. The van der Waals surface area contributed by atoms with Crippen LogP contribution in [-0.4, -0.2) is 21.1 Å². The van der Waals surface area contributed by atoms with Crippen molar-refractivity contribution in [1.29, 1.82) is 0 Å². The second kappa shape index (κ2) is 6.70. The number of para-hydroxylation sites is 1. The van der Waals surface area contributed by atoms with E-state index < -0.39 is 11.2 Å². The molecular formula is C20H18ClN3O3. The Hall–Kier alpha value is -2.86. The molecule has 1 fully saturated rings. The highest BCUT2D eigenvalue weighted by molar-refractivity contribution is 6.31. The molecule has 1 N–H and O–H groups in total. The van der Waals surface area contributed by atoms with E-state index in [9.17, 15) is 14.4 Å². The van der Waals surface area contributed by atoms with Crippen LogP contribution in [0.4, 0.5) is 0 Å². The number of nitrogens with zero attached hydrogens (tertiary/aromatic N) is 2. The molecule has 0 unspecified atom stereocenters. The number of halogens is 1. The van der Waals surface area contributed by atoms with E-state index in [1.54, 1.807) is 42.5 Å². The maximum absolute atomic E-state index is 13.1. The molecule has 1 aliphatic carbocycles. The zero-order valence-corrected chi connectivity index (χ0v) is 15.5. The van der Waals surface area contributed by atoms with Crippen LogP contribution in [0.2, 0.25) is 5.02 Å². The van der Waals surface area contributed by atoms with Gasteiger partial charge in [-0.1, -0.05) is 29.8 Å². The molecule has 0 saturated heterocycles. The minimum Gasteiger partial charge on any atom is -0.352 e. The topological polar surface area (TPSA) is 73.1 Å². The Morgan fingerprint density at radius 3 is 2.63 bits per heavy atom. The fourth-order valence-electron chi connectivity index (χ4n) is 3.07. The first-order chi connectivity index (χ1) is 13.0. The second-order valence-electron chi connectivity index (χ2n) is 6.80. The van der Waals surface area contributed by atoms with Crippen molar-refractivity contribution >= 4 is 28.4 Å². The van der Waals surface area contributed by atoms with Crippen LogP contribution in [0.3, 0.4) is 0 Å². The van der Waals surface area contributed by atoms with Gasteiger partial charge in [0.25, 0.3) is 5.56 Å². The summed E-state index contributed by atoms with van der Waals surface area (Å²) in [5, 5.41) is 3.71. The Labute approximate surface area is 160 Å². The summed E-state index contributed by atoms with van der Waals surface area (Å²) in [5.41, 5.74) is 0.660. The maximum atomic E-state index is 13.1. The molecule has 27 heavy (non-hydrogen) atoms. The van der Waals surface area contributed by atoms with Crippen LogP contribution in [0.25, 0.3) is 16.6 Å². The Morgan fingerprint density at radius 2 is 1.93 bits per heavy atom. The van der Waals surface area contributed by atoms with Gasteiger partial charge in [0.05, 0.1) is 16.6 Å².